The van der Waals surface area contributed by atoms with Gasteiger partial charge in [-0.15, -0.1) is 0 Å². The highest BCUT2D eigenvalue weighted by atomic mass is 16.5. The van der Waals surface area contributed by atoms with Crippen molar-refractivity contribution in [3.63, 3.8) is 0 Å². The van der Waals surface area contributed by atoms with Crippen LogP contribution in [-0.2, 0) is 14.9 Å². The first-order chi connectivity index (χ1) is 20.2. The lowest BCUT2D eigenvalue weighted by Crippen LogP contribution is -2.42. The van der Waals surface area contributed by atoms with Crippen molar-refractivity contribution >= 4 is 23.0 Å². The predicted octanol–water partition coefficient (Wildman–Crippen LogP) is 8.05. The van der Waals surface area contributed by atoms with Gasteiger partial charge in [-0.05, 0) is 139 Å². The Balaban J connectivity index is 2.47. The SMILES string of the molecule is CCOC(=O)C(c1ccc(N(CC)CC)cc1C)(c1ccc(N(CC)CC)cc1C)c1ccc(N(CC)CC)cc1C. The third-order valence-electron chi connectivity index (χ3n) is 8.81. The van der Waals surface area contributed by atoms with Gasteiger partial charge in [0.2, 0.25) is 0 Å². The van der Waals surface area contributed by atoms with Crippen molar-refractivity contribution < 1.29 is 9.53 Å². The molecule has 0 radical (unpaired) electrons. The number of carbonyl (C=O) groups excluding carboxylic acids is 1. The van der Waals surface area contributed by atoms with Gasteiger partial charge in [0.05, 0.1) is 6.61 Å². The molecule has 3 aromatic rings. The number of ether oxygens (including phenoxy) is 1. The van der Waals surface area contributed by atoms with Crippen molar-refractivity contribution in [2.24, 2.45) is 0 Å². The van der Waals surface area contributed by atoms with Crippen LogP contribution < -0.4 is 14.7 Å². The van der Waals surface area contributed by atoms with Gasteiger partial charge in [0.25, 0.3) is 0 Å². The fourth-order valence-electron chi connectivity index (χ4n) is 6.57. The molecular weight excluding hydrogens is 518 g/mol. The number of aryl methyl sites for hydroxylation is 3. The minimum Gasteiger partial charge on any atom is -0.465 e. The van der Waals surface area contributed by atoms with E-state index >= 15 is 0 Å². The first kappa shape index (κ1) is 33.0. The summed E-state index contributed by atoms with van der Waals surface area (Å²) in [5.41, 5.74) is 8.51. The van der Waals surface area contributed by atoms with Gasteiger partial charge in [0.15, 0.2) is 0 Å². The molecule has 0 unspecified atom stereocenters. The quantitative estimate of drug-likeness (QED) is 0.145. The second-order valence-corrected chi connectivity index (χ2v) is 11.0. The van der Waals surface area contributed by atoms with Gasteiger partial charge in [0, 0.05) is 56.3 Å². The summed E-state index contributed by atoms with van der Waals surface area (Å²) in [6.45, 7) is 27.2. The van der Waals surface area contributed by atoms with E-state index in [-0.39, 0.29) is 5.97 Å². The maximum absolute atomic E-state index is 14.7. The maximum atomic E-state index is 14.7. The molecule has 5 nitrogen and oxygen atoms in total. The molecule has 3 aromatic carbocycles. The van der Waals surface area contributed by atoms with Gasteiger partial charge in [-0.1, -0.05) is 18.2 Å². The largest absolute Gasteiger partial charge is 0.465 e. The van der Waals surface area contributed by atoms with E-state index in [1.165, 1.54) is 17.1 Å². The van der Waals surface area contributed by atoms with Crippen LogP contribution in [0.15, 0.2) is 54.6 Å². The molecule has 0 bridgehead atoms. The number of benzene rings is 3. The lowest BCUT2D eigenvalue weighted by Gasteiger charge is -2.38. The summed E-state index contributed by atoms with van der Waals surface area (Å²) in [7, 11) is 0. The monoisotopic (exact) mass is 571 g/mol. The number of rotatable bonds is 14. The molecule has 0 fully saturated rings. The number of esters is 1. The van der Waals surface area contributed by atoms with Crippen molar-refractivity contribution in [3.05, 3.63) is 88.0 Å². The molecule has 5 heteroatoms. The van der Waals surface area contributed by atoms with Crippen molar-refractivity contribution in [3.8, 4) is 0 Å². The minimum atomic E-state index is -1.13. The van der Waals surface area contributed by atoms with Crippen LogP contribution in [0.4, 0.5) is 17.1 Å². The highest BCUT2D eigenvalue weighted by Gasteiger charge is 2.48. The zero-order valence-electron chi connectivity index (χ0n) is 27.8. The van der Waals surface area contributed by atoms with E-state index in [0.29, 0.717) is 6.61 Å². The summed E-state index contributed by atoms with van der Waals surface area (Å²) in [6.07, 6.45) is 0. The Bertz CT molecular complexity index is 1190. The van der Waals surface area contributed by atoms with Crippen LogP contribution in [0.1, 0.15) is 81.8 Å². The molecule has 228 valence electrons. The number of anilines is 3. The van der Waals surface area contributed by atoms with Crippen LogP contribution in [0.2, 0.25) is 0 Å². The zero-order chi connectivity index (χ0) is 31.0. The van der Waals surface area contributed by atoms with Crippen molar-refractivity contribution in [1.29, 1.82) is 0 Å². The zero-order valence-corrected chi connectivity index (χ0v) is 27.8. The molecule has 0 aromatic heterocycles. The van der Waals surface area contributed by atoms with Gasteiger partial charge < -0.3 is 19.4 Å². The molecule has 3 rings (SSSR count). The number of nitrogens with zero attached hydrogens (tertiary/aromatic N) is 3. The predicted molar refractivity (Wildman–Crippen MR) is 181 cm³/mol. The smallest absolute Gasteiger partial charge is 0.325 e. The lowest BCUT2D eigenvalue weighted by atomic mass is 9.65. The molecule has 0 spiro atoms. The number of hydrogen-bond donors (Lipinski definition) is 0. The third kappa shape index (κ3) is 6.16. The summed E-state index contributed by atoms with van der Waals surface area (Å²) in [5, 5.41) is 0. The Hall–Kier alpha value is -3.47. The molecule has 0 saturated heterocycles. The van der Waals surface area contributed by atoms with Crippen molar-refractivity contribution in [2.75, 3.05) is 60.6 Å². The minimum absolute atomic E-state index is 0.235. The van der Waals surface area contributed by atoms with E-state index in [4.69, 9.17) is 4.74 Å². The van der Waals surface area contributed by atoms with E-state index in [0.717, 1.165) is 72.6 Å². The Morgan fingerprint density at radius 1 is 0.548 bits per heavy atom. The Labute approximate surface area is 255 Å². The molecule has 0 saturated carbocycles. The topological polar surface area (TPSA) is 36.0 Å². The second kappa shape index (κ2) is 14.6. The van der Waals surface area contributed by atoms with Gasteiger partial charge in [-0.2, -0.15) is 0 Å². The molecule has 0 atom stereocenters. The van der Waals surface area contributed by atoms with Crippen LogP contribution in [0.3, 0.4) is 0 Å². The van der Waals surface area contributed by atoms with E-state index < -0.39 is 5.41 Å². The standard InChI is InChI=1S/C37H53N3O2/c1-11-38(12-2)30-18-21-33(27(8)24-30)37(36(41)42-17-7,34-22-19-31(25-28(34)9)39(13-3)14-4)35-23-20-32(26-29(35)10)40(15-5)16-6/h18-26H,11-17H2,1-10H3. The van der Waals surface area contributed by atoms with E-state index in [9.17, 15) is 4.79 Å². The van der Waals surface area contributed by atoms with E-state index in [1.54, 1.807) is 0 Å². The van der Waals surface area contributed by atoms with Gasteiger partial charge in [-0.25, -0.2) is 0 Å². The van der Waals surface area contributed by atoms with E-state index in [1.807, 2.05) is 6.92 Å². The molecule has 0 N–H and O–H groups in total. The first-order valence-corrected chi connectivity index (χ1v) is 15.9. The molecule has 0 aliphatic heterocycles. The van der Waals surface area contributed by atoms with Crippen LogP contribution in [0.25, 0.3) is 0 Å². The Morgan fingerprint density at radius 3 is 1.05 bits per heavy atom. The molecular formula is C37H53N3O2. The van der Waals surface area contributed by atoms with Gasteiger partial charge in [-0.3, -0.25) is 4.79 Å². The molecule has 0 amide bonds. The summed E-state index contributed by atoms with van der Waals surface area (Å²) in [5.74, 6) is -0.235. The Morgan fingerprint density at radius 2 is 0.833 bits per heavy atom. The highest BCUT2D eigenvalue weighted by molar-refractivity contribution is 5.94. The average Bonchev–Trinajstić information content (AvgIpc) is 2.98. The molecule has 0 aliphatic carbocycles. The van der Waals surface area contributed by atoms with Crippen LogP contribution >= 0.6 is 0 Å². The van der Waals surface area contributed by atoms with E-state index in [2.05, 4.69) is 132 Å². The fourth-order valence-corrected chi connectivity index (χ4v) is 6.57. The highest BCUT2D eigenvalue weighted by Crippen LogP contribution is 2.46. The summed E-state index contributed by atoms with van der Waals surface area (Å²) < 4.78 is 6.03. The molecule has 0 heterocycles. The van der Waals surface area contributed by atoms with Crippen LogP contribution in [-0.4, -0.2) is 51.8 Å². The average molecular weight is 572 g/mol. The fraction of sp³-hybridized carbons (Fsp3) is 0.486. The second-order valence-electron chi connectivity index (χ2n) is 11.0. The normalized spacial score (nSPS) is 11.4. The number of carbonyl (C=O) groups is 1. The third-order valence-corrected chi connectivity index (χ3v) is 8.81. The van der Waals surface area contributed by atoms with Crippen LogP contribution in [0, 0.1) is 20.8 Å². The maximum Gasteiger partial charge on any atom is 0.325 e. The van der Waals surface area contributed by atoms with Gasteiger partial charge >= 0.3 is 5.97 Å². The van der Waals surface area contributed by atoms with Crippen LogP contribution in [0.5, 0.6) is 0 Å². The molecule has 42 heavy (non-hydrogen) atoms. The summed E-state index contributed by atoms with van der Waals surface area (Å²) in [4.78, 5) is 21.7. The molecule has 0 aliphatic rings. The van der Waals surface area contributed by atoms with Crippen molar-refractivity contribution in [1.82, 2.24) is 0 Å². The Kier molecular flexibility index (Phi) is 11.5. The number of hydrogen-bond acceptors (Lipinski definition) is 5. The van der Waals surface area contributed by atoms with Crippen molar-refractivity contribution in [2.45, 2.75) is 74.7 Å². The van der Waals surface area contributed by atoms with Gasteiger partial charge in [0.1, 0.15) is 5.41 Å². The summed E-state index contributed by atoms with van der Waals surface area (Å²) in [6, 6.07) is 19.7. The first-order valence-electron chi connectivity index (χ1n) is 15.9. The summed E-state index contributed by atoms with van der Waals surface area (Å²) >= 11 is 0. The lowest BCUT2D eigenvalue weighted by molar-refractivity contribution is -0.147.